The molecule has 1 amide bonds. The number of benzene rings is 2. The molecule has 0 radical (unpaired) electrons. The van der Waals surface area contributed by atoms with Crippen LogP contribution in [0.1, 0.15) is 24.4 Å². The summed E-state index contributed by atoms with van der Waals surface area (Å²) in [5.41, 5.74) is 2.09. The zero-order chi connectivity index (χ0) is 19.5. The van der Waals surface area contributed by atoms with E-state index in [0.29, 0.717) is 6.04 Å². The summed E-state index contributed by atoms with van der Waals surface area (Å²) in [6.07, 6.45) is 2.14. The minimum atomic E-state index is -0.384. The minimum absolute atomic E-state index is 0.0810. The molecule has 1 aliphatic heterocycles. The Hall–Kier alpha value is -2.93. The van der Waals surface area contributed by atoms with E-state index in [9.17, 15) is 14.9 Å². The summed E-state index contributed by atoms with van der Waals surface area (Å²) < 4.78 is 0. The summed E-state index contributed by atoms with van der Waals surface area (Å²) >= 11 is 0. The molecule has 0 bridgehead atoms. The standard InChI is InChI=1S/C21H24N4O3/c26-21(22-17-6-7-17)20(16-4-2-1-3-5-16)24-14-12-23(13-15-24)18-8-10-19(11-9-18)25(27)28/h1-5,8-11,17,20H,6-7,12-15H2,(H,22,26)/t20-/m0/s1. The number of non-ortho nitro benzene ring substituents is 1. The minimum Gasteiger partial charge on any atom is -0.369 e. The fraction of sp³-hybridized carbons (Fsp3) is 0.381. The Balaban J connectivity index is 1.45. The highest BCUT2D eigenvalue weighted by molar-refractivity contribution is 5.83. The molecule has 7 nitrogen and oxygen atoms in total. The SMILES string of the molecule is O=C(NC1CC1)[C@H](c1ccccc1)N1CCN(c2ccc([N+](=O)[O-])cc2)CC1. The van der Waals surface area contributed by atoms with Crippen molar-refractivity contribution in [3.05, 3.63) is 70.3 Å². The summed E-state index contributed by atoms with van der Waals surface area (Å²) in [6.45, 7) is 3.07. The van der Waals surface area contributed by atoms with Gasteiger partial charge in [0.2, 0.25) is 5.91 Å². The number of carbonyl (C=O) groups excluding carboxylic acids is 1. The Bertz CT molecular complexity index is 828. The second-order valence-electron chi connectivity index (χ2n) is 7.39. The van der Waals surface area contributed by atoms with Crippen LogP contribution in [0, 0.1) is 10.1 Å². The number of hydrogen-bond donors (Lipinski definition) is 1. The Morgan fingerprint density at radius 1 is 1.00 bits per heavy atom. The molecule has 4 rings (SSSR count). The van der Waals surface area contributed by atoms with Gasteiger partial charge in [-0.2, -0.15) is 0 Å². The normalized spacial score (nSPS) is 18.5. The van der Waals surface area contributed by atoms with E-state index in [1.54, 1.807) is 12.1 Å². The van der Waals surface area contributed by atoms with E-state index in [-0.39, 0.29) is 22.6 Å². The van der Waals surface area contributed by atoms with Crippen molar-refractivity contribution in [1.82, 2.24) is 10.2 Å². The number of hydrogen-bond acceptors (Lipinski definition) is 5. The molecule has 1 N–H and O–H groups in total. The second kappa shape index (κ2) is 7.98. The Labute approximate surface area is 164 Å². The molecule has 28 heavy (non-hydrogen) atoms. The molecular weight excluding hydrogens is 356 g/mol. The third kappa shape index (κ3) is 4.14. The molecule has 1 saturated heterocycles. The molecular formula is C21H24N4O3. The predicted octanol–water partition coefficient (Wildman–Crippen LogP) is 2.74. The maximum atomic E-state index is 12.9. The number of anilines is 1. The Kier molecular flexibility index (Phi) is 5.25. The van der Waals surface area contributed by atoms with Crippen LogP contribution in [0.25, 0.3) is 0 Å². The van der Waals surface area contributed by atoms with Crippen molar-refractivity contribution in [1.29, 1.82) is 0 Å². The smallest absolute Gasteiger partial charge is 0.269 e. The lowest BCUT2D eigenvalue weighted by atomic mass is 10.0. The topological polar surface area (TPSA) is 78.7 Å². The van der Waals surface area contributed by atoms with Crippen molar-refractivity contribution >= 4 is 17.3 Å². The van der Waals surface area contributed by atoms with Crippen molar-refractivity contribution < 1.29 is 9.72 Å². The summed E-state index contributed by atoms with van der Waals surface area (Å²) in [7, 11) is 0. The molecule has 7 heteroatoms. The largest absolute Gasteiger partial charge is 0.369 e. The van der Waals surface area contributed by atoms with Crippen molar-refractivity contribution in [2.24, 2.45) is 0 Å². The predicted molar refractivity (Wildman–Crippen MR) is 107 cm³/mol. The first kappa shape index (κ1) is 18.4. The maximum absolute atomic E-state index is 12.9. The van der Waals surface area contributed by atoms with E-state index in [4.69, 9.17) is 0 Å². The Morgan fingerprint density at radius 2 is 1.64 bits per heavy atom. The molecule has 2 aromatic rings. The Morgan fingerprint density at radius 3 is 2.21 bits per heavy atom. The van der Waals surface area contributed by atoms with Gasteiger partial charge in [-0.15, -0.1) is 0 Å². The molecule has 2 aliphatic rings. The van der Waals surface area contributed by atoms with Crippen LogP contribution in [0.2, 0.25) is 0 Å². The van der Waals surface area contributed by atoms with E-state index < -0.39 is 0 Å². The van der Waals surface area contributed by atoms with Gasteiger partial charge in [-0.3, -0.25) is 19.8 Å². The summed E-state index contributed by atoms with van der Waals surface area (Å²) in [4.78, 5) is 27.8. The van der Waals surface area contributed by atoms with E-state index in [1.807, 2.05) is 30.3 Å². The average Bonchev–Trinajstić information content (AvgIpc) is 3.53. The van der Waals surface area contributed by atoms with Crippen LogP contribution in [0.5, 0.6) is 0 Å². The average molecular weight is 380 g/mol. The number of rotatable bonds is 6. The molecule has 2 fully saturated rings. The molecule has 1 saturated carbocycles. The highest BCUT2D eigenvalue weighted by Gasteiger charge is 2.33. The fourth-order valence-corrected chi connectivity index (χ4v) is 3.69. The van der Waals surface area contributed by atoms with Crippen LogP contribution in [-0.2, 0) is 4.79 Å². The van der Waals surface area contributed by atoms with Gasteiger partial charge in [0.25, 0.3) is 5.69 Å². The zero-order valence-corrected chi connectivity index (χ0v) is 15.7. The molecule has 1 aliphatic carbocycles. The number of nitrogens with one attached hydrogen (secondary N) is 1. The first-order valence-corrected chi connectivity index (χ1v) is 9.70. The highest BCUT2D eigenvalue weighted by Crippen LogP contribution is 2.27. The van der Waals surface area contributed by atoms with Gasteiger partial charge in [0, 0.05) is 50.0 Å². The number of nitro benzene ring substituents is 1. The van der Waals surface area contributed by atoms with Crippen LogP contribution < -0.4 is 10.2 Å². The van der Waals surface area contributed by atoms with Gasteiger partial charge in [-0.25, -0.2) is 0 Å². The summed E-state index contributed by atoms with van der Waals surface area (Å²) in [5, 5.41) is 14.0. The highest BCUT2D eigenvalue weighted by atomic mass is 16.6. The van der Waals surface area contributed by atoms with Gasteiger partial charge >= 0.3 is 0 Å². The summed E-state index contributed by atoms with van der Waals surface area (Å²) in [5.74, 6) is 0.0810. The lowest BCUT2D eigenvalue weighted by Gasteiger charge is -2.39. The molecule has 146 valence electrons. The first-order valence-electron chi connectivity index (χ1n) is 9.70. The van der Waals surface area contributed by atoms with Crippen molar-refractivity contribution in [3.8, 4) is 0 Å². The lowest BCUT2D eigenvalue weighted by molar-refractivity contribution is -0.384. The molecule has 2 aromatic carbocycles. The molecule has 1 heterocycles. The van der Waals surface area contributed by atoms with Crippen molar-refractivity contribution in [3.63, 3.8) is 0 Å². The maximum Gasteiger partial charge on any atom is 0.269 e. The van der Waals surface area contributed by atoms with E-state index >= 15 is 0 Å². The first-order chi connectivity index (χ1) is 13.6. The number of amides is 1. The van der Waals surface area contributed by atoms with Crippen LogP contribution in [0.15, 0.2) is 54.6 Å². The van der Waals surface area contributed by atoms with Gasteiger partial charge in [-0.1, -0.05) is 30.3 Å². The van der Waals surface area contributed by atoms with E-state index in [1.165, 1.54) is 12.1 Å². The van der Waals surface area contributed by atoms with E-state index in [0.717, 1.165) is 50.3 Å². The van der Waals surface area contributed by atoms with Crippen molar-refractivity contribution in [2.75, 3.05) is 31.1 Å². The molecule has 0 unspecified atom stereocenters. The third-order valence-corrected chi connectivity index (χ3v) is 5.39. The monoisotopic (exact) mass is 380 g/mol. The fourth-order valence-electron chi connectivity index (χ4n) is 3.69. The summed E-state index contributed by atoms with van der Waals surface area (Å²) in [6, 6.07) is 16.7. The van der Waals surface area contributed by atoms with Gasteiger partial charge < -0.3 is 10.2 Å². The number of nitro groups is 1. The van der Waals surface area contributed by atoms with Crippen molar-refractivity contribution in [2.45, 2.75) is 24.9 Å². The number of piperazine rings is 1. The quantitative estimate of drug-likeness (QED) is 0.616. The van der Waals surface area contributed by atoms with Crippen LogP contribution in [0.3, 0.4) is 0 Å². The molecule has 1 atom stereocenters. The third-order valence-electron chi connectivity index (χ3n) is 5.39. The molecule has 0 spiro atoms. The number of carbonyl (C=O) groups is 1. The van der Waals surface area contributed by atoms with E-state index in [2.05, 4.69) is 15.1 Å². The van der Waals surface area contributed by atoms with Crippen LogP contribution in [-0.4, -0.2) is 48.0 Å². The molecule has 0 aromatic heterocycles. The zero-order valence-electron chi connectivity index (χ0n) is 15.7. The van der Waals surface area contributed by atoms with Crippen LogP contribution >= 0.6 is 0 Å². The van der Waals surface area contributed by atoms with Gasteiger partial charge in [0.1, 0.15) is 6.04 Å². The second-order valence-corrected chi connectivity index (χ2v) is 7.39. The lowest BCUT2D eigenvalue weighted by Crippen LogP contribution is -2.51. The van der Waals surface area contributed by atoms with Gasteiger partial charge in [0.15, 0.2) is 0 Å². The van der Waals surface area contributed by atoms with Crippen LogP contribution in [0.4, 0.5) is 11.4 Å². The number of nitrogens with zero attached hydrogens (tertiary/aromatic N) is 3. The van der Waals surface area contributed by atoms with Gasteiger partial charge in [0.05, 0.1) is 4.92 Å². The van der Waals surface area contributed by atoms with Gasteiger partial charge in [-0.05, 0) is 30.5 Å².